The third-order valence-electron chi connectivity index (χ3n) is 3.10. The Hall–Kier alpha value is -1.47. The van der Waals surface area contributed by atoms with Gasteiger partial charge in [0.2, 0.25) is 0 Å². The van der Waals surface area contributed by atoms with Crippen molar-refractivity contribution in [3.05, 3.63) is 17.3 Å². The highest BCUT2D eigenvalue weighted by Gasteiger charge is 2.42. The molecule has 2 aromatic rings. The number of fused-ring (bicyclic) bond motifs is 1. The first-order valence-electron chi connectivity index (χ1n) is 6.31. The molecule has 1 aliphatic heterocycles. The highest BCUT2D eigenvalue weighted by atomic mass is 32.1. The van der Waals surface area contributed by atoms with Crippen LogP contribution in [0.4, 0.5) is 0 Å². The number of ether oxygens (including phenoxy) is 1. The SMILES string of the molecule is OC[C@H]1OC(O)[C@H](O)[C@@H](O)[C@@H]1O.S=c1nc[nH]c2nc[nH]c12. The zero-order valence-corrected chi connectivity index (χ0v) is 12.0. The van der Waals surface area contributed by atoms with Gasteiger partial charge in [-0.15, -0.1) is 0 Å². The lowest BCUT2D eigenvalue weighted by atomic mass is 10.00. The summed E-state index contributed by atoms with van der Waals surface area (Å²) < 4.78 is 5.12. The number of nitrogens with zero attached hydrogens (tertiary/aromatic N) is 2. The van der Waals surface area contributed by atoms with Gasteiger partial charge in [0.1, 0.15) is 29.9 Å². The summed E-state index contributed by atoms with van der Waals surface area (Å²) in [5, 5.41) is 44.7. The molecule has 0 aliphatic carbocycles. The molecular weight excluding hydrogens is 316 g/mol. The Morgan fingerprint density at radius 1 is 1.05 bits per heavy atom. The van der Waals surface area contributed by atoms with Crippen LogP contribution < -0.4 is 0 Å². The van der Waals surface area contributed by atoms with E-state index in [4.69, 9.17) is 37.8 Å². The molecule has 11 heteroatoms. The second-order valence-corrected chi connectivity index (χ2v) is 4.94. The fourth-order valence-electron chi connectivity index (χ4n) is 1.87. The number of H-pyrrole nitrogens is 2. The van der Waals surface area contributed by atoms with Gasteiger partial charge in [-0.3, -0.25) is 0 Å². The van der Waals surface area contributed by atoms with Crippen molar-refractivity contribution in [2.24, 2.45) is 0 Å². The van der Waals surface area contributed by atoms with E-state index in [1.807, 2.05) is 0 Å². The van der Waals surface area contributed by atoms with Crippen molar-refractivity contribution >= 4 is 23.4 Å². The lowest BCUT2D eigenvalue weighted by Gasteiger charge is -2.37. The quantitative estimate of drug-likeness (QED) is 0.286. The summed E-state index contributed by atoms with van der Waals surface area (Å²) in [5.74, 6) is 0. The Balaban J connectivity index is 0.000000162. The molecule has 22 heavy (non-hydrogen) atoms. The van der Waals surface area contributed by atoms with Crippen molar-refractivity contribution in [1.82, 2.24) is 19.9 Å². The van der Waals surface area contributed by atoms with Crippen molar-refractivity contribution in [3.8, 4) is 0 Å². The molecule has 0 radical (unpaired) electrons. The van der Waals surface area contributed by atoms with Crippen molar-refractivity contribution in [3.63, 3.8) is 0 Å². The summed E-state index contributed by atoms with van der Waals surface area (Å²) in [5.41, 5.74) is 1.54. The Morgan fingerprint density at radius 3 is 2.36 bits per heavy atom. The highest BCUT2D eigenvalue weighted by Crippen LogP contribution is 2.18. The molecule has 0 saturated carbocycles. The summed E-state index contributed by atoms with van der Waals surface area (Å²) in [6, 6.07) is 0. The summed E-state index contributed by atoms with van der Waals surface area (Å²) >= 11 is 4.91. The number of aliphatic hydroxyl groups is 5. The maximum atomic E-state index is 9.12. The van der Waals surface area contributed by atoms with Crippen LogP contribution in [0.25, 0.3) is 11.2 Å². The maximum absolute atomic E-state index is 9.12. The molecule has 10 nitrogen and oxygen atoms in total. The fourth-order valence-corrected chi connectivity index (χ4v) is 2.07. The van der Waals surface area contributed by atoms with Crippen LogP contribution in [-0.2, 0) is 4.74 Å². The van der Waals surface area contributed by atoms with Crippen LogP contribution in [0.15, 0.2) is 12.7 Å². The number of aromatic amines is 2. The van der Waals surface area contributed by atoms with Crippen LogP contribution in [-0.4, -0.2) is 82.8 Å². The minimum atomic E-state index is -1.57. The van der Waals surface area contributed by atoms with Gasteiger partial charge < -0.3 is 40.2 Å². The van der Waals surface area contributed by atoms with E-state index in [0.29, 0.717) is 4.64 Å². The van der Waals surface area contributed by atoms with Gasteiger partial charge in [0.05, 0.1) is 19.3 Å². The Bertz CT molecular complexity index is 658. The molecule has 1 saturated heterocycles. The van der Waals surface area contributed by atoms with Gasteiger partial charge in [0, 0.05) is 0 Å². The Kier molecular flexibility index (Phi) is 5.52. The minimum Gasteiger partial charge on any atom is -0.394 e. The first-order valence-corrected chi connectivity index (χ1v) is 6.72. The van der Waals surface area contributed by atoms with Gasteiger partial charge in [-0.1, -0.05) is 12.2 Å². The molecule has 122 valence electrons. The largest absolute Gasteiger partial charge is 0.394 e. The first-order chi connectivity index (χ1) is 10.5. The number of aliphatic hydroxyl groups excluding tert-OH is 5. The van der Waals surface area contributed by atoms with E-state index in [-0.39, 0.29) is 0 Å². The number of rotatable bonds is 1. The average molecular weight is 332 g/mol. The highest BCUT2D eigenvalue weighted by molar-refractivity contribution is 7.71. The molecular formula is C11H16N4O6S. The summed E-state index contributed by atoms with van der Waals surface area (Å²) in [6.45, 7) is -0.526. The molecule has 7 N–H and O–H groups in total. The van der Waals surface area contributed by atoms with E-state index in [0.717, 1.165) is 11.2 Å². The molecule has 2 aromatic heterocycles. The van der Waals surface area contributed by atoms with Gasteiger partial charge in [0.15, 0.2) is 16.6 Å². The van der Waals surface area contributed by atoms with E-state index < -0.39 is 37.3 Å². The zero-order chi connectivity index (χ0) is 16.3. The fraction of sp³-hybridized carbons (Fsp3) is 0.545. The molecule has 5 atom stereocenters. The third-order valence-corrected chi connectivity index (χ3v) is 3.41. The minimum absolute atomic E-state index is 0.526. The normalized spacial score (nSPS) is 31.6. The standard InChI is InChI=1S/C6H12O6.C5H4N4S/c7-1-2-3(8)4(9)5(10)6(11)12-2;10-5-3-4(7-1-6-3)8-2-9-5/h2-11H,1H2;1-2H,(H2,6,7,8,9,10)/t2-,3-,4+,5-,6?;/m1./s1. The number of aromatic nitrogens is 4. The predicted octanol–water partition coefficient (Wildman–Crippen LogP) is -2.21. The number of hydrogen-bond donors (Lipinski definition) is 7. The molecule has 1 fully saturated rings. The average Bonchev–Trinajstić information content (AvgIpc) is 2.99. The molecule has 0 bridgehead atoms. The second-order valence-electron chi connectivity index (χ2n) is 4.55. The number of nitrogens with one attached hydrogen (secondary N) is 2. The monoisotopic (exact) mass is 332 g/mol. The van der Waals surface area contributed by atoms with Crippen molar-refractivity contribution < 1.29 is 30.3 Å². The molecule has 0 spiro atoms. The lowest BCUT2D eigenvalue weighted by molar-refractivity contribution is -0.286. The molecule has 0 amide bonds. The molecule has 1 unspecified atom stereocenters. The van der Waals surface area contributed by atoms with Crippen LogP contribution in [0.2, 0.25) is 0 Å². The van der Waals surface area contributed by atoms with Gasteiger partial charge in [0.25, 0.3) is 0 Å². The Labute approximate surface area is 129 Å². The van der Waals surface area contributed by atoms with Gasteiger partial charge in [-0.2, -0.15) is 0 Å². The topological polar surface area (TPSA) is 168 Å². The number of imidazole rings is 1. The van der Waals surface area contributed by atoms with Crippen molar-refractivity contribution in [2.45, 2.75) is 30.7 Å². The summed E-state index contributed by atoms with van der Waals surface area (Å²) in [4.78, 5) is 13.6. The molecule has 3 heterocycles. The van der Waals surface area contributed by atoms with Crippen molar-refractivity contribution in [1.29, 1.82) is 0 Å². The van der Waals surface area contributed by atoms with E-state index in [1.54, 1.807) is 6.33 Å². The van der Waals surface area contributed by atoms with E-state index in [1.165, 1.54) is 6.33 Å². The smallest absolute Gasteiger partial charge is 0.184 e. The maximum Gasteiger partial charge on any atom is 0.184 e. The number of hydrogen-bond acceptors (Lipinski definition) is 9. The Morgan fingerprint density at radius 2 is 1.73 bits per heavy atom. The van der Waals surface area contributed by atoms with Crippen LogP contribution >= 0.6 is 12.2 Å². The lowest BCUT2D eigenvalue weighted by Crippen LogP contribution is -2.58. The van der Waals surface area contributed by atoms with E-state index in [2.05, 4.69) is 24.7 Å². The molecule has 1 aliphatic rings. The molecule has 3 rings (SSSR count). The van der Waals surface area contributed by atoms with Crippen LogP contribution in [0.3, 0.4) is 0 Å². The van der Waals surface area contributed by atoms with Crippen molar-refractivity contribution in [2.75, 3.05) is 6.61 Å². The molecule has 0 aromatic carbocycles. The third kappa shape index (κ3) is 3.47. The van der Waals surface area contributed by atoms with Crippen LogP contribution in [0.1, 0.15) is 0 Å². The van der Waals surface area contributed by atoms with E-state index in [9.17, 15) is 0 Å². The second kappa shape index (κ2) is 7.19. The first kappa shape index (κ1) is 16.9. The van der Waals surface area contributed by atoms with Crippen LogP contribution in [0.5, 0.6) is 0 Å². The van der Waals surface area contributed by atoms with Gasteiger partial charge in [-0.05, 0) is 0 Å². The predicted molar refractivity (Wildman–Crippen MR) is 75.1 cm³/mol. The van der Waals surface area contributed by atoms with Gasteiger partial charge in [-0.25, -0.2) is 9.97 Å². The summed E-state index contributed by atoms with van der Waals surface area (Å²) in [6.07, 6.45) is -3.93. The zero-order valence-electron chi connectivity index (χ0n) is 11.2. The van der Waals surface area contributed by atoms with Crippen LogP contribution in [0, 0.1) is 4.64 Å². The summed E-state index contributed by atoms with van der Waals surface area (Å²) in [7, 11) is 0. The van der Waals surface area contributed by atoms with E-state index >= 15 is 0 Å². The van der Waals surface area contributed by atoms with Gasteiger partial charge >= 0.3 is 0 Å².